The van der Waals surface area contributed by atoms with Crippen molar-refractivity contribution in [2.24, 2.45) is 7.05 Å². The zero-order valence-electron chi connectivity index (χ0n) is 12.5. The van der Waals surface area contributed by atoms with Crippen LogP contribution in [0.3, 0.4) is 0 Å². The van der Waals surface area contributed by atoms with E-state index in [0.717, 1.165) is 11.1 Å². The number of aromatic hydroxyl groups is 1. The summed E-state index contributed by atoms with van der Waals surface area (Å²) in [6, 6.07) is 14.8. The van der Waals surface area contributed by atoms with Crippen LogP contribution in [0.1, 0.15) is 5.56 Å². The molecule has 0 fully saturated rings. The van der Waals surface area contributed by atoms with Gasteiger partial charge in [-0.1, -0.05) is 48.0 Å². The topological polar surface area (TPSA) is 46.1 Å². The molecule has 0 spiro atoms. The lowest BCUT2D eigenvalue weighted by molar-refractivity contribution is -0.670. The van der Waals surface area contributed by atoms with E-state index < -0.39 is 0 Å². The maximum Gasteiger partial charge on any atom is 0.349 e. The molecule has 2 heterocycles. The molecule has 1 aliphatic heterocycles. The molecule has 0 amide bonds. The minimum Gasteiger partial charge on any atom is -0.477 e. The minimum absolute atomic E-state index is 0.0414. The summed E-state index contributed by atoms with van der Waals surface area (Å²) in [5, 5.41) is 11.2. The van der Waals surface area contributed by atoms with E-state index in [4.69, 9.17) is 11.6 Å². The standard InChI is InChI=1S/C18H13ClN2O2/c1-20-16-14-9-13(19)8-7-12(14)10-21(16)18(23)15(17(20)22)11-5-3-2-4-6-11/h2-9H,10H2,1H3/p+1. The first kappa shape index (κ1) is 14.0. The summed E-state index contributed by atoms with van der Waals surface area (Å²) in [5.41, 5.74) is 2.72. The molecule has 4 rings (SSSR count). The number of aromatic nitrogens is 2. The van der Waals surface area contributed by atoms with Gasteiger partial charge in [0.05, 0.1) is 12.6 Å². The molecular weight excluding hydrogens is 312 g/mol. The van der Waals surface area contributed by atoms with Crippen LogP contribution in [-0.2, 0) is 13.6 Å². The molecule has 0 unspecified atom stereocenters. The first-order valence-electron chi connectivity index (χ1n) is 7.28. The highest BCUT2D eigenvalue weighted by atomic mass is 35.5. The van der Waals surface area contributed by atoms with E-state index in [1.165, 1.54) is 0 Å². The van der Waals surface area contributed by atoms with Crippen LogP contribution in [0.15, 0.2) is 53.3 Å². The molecule has 3 aromatic rings. The van der Waals surface area contributed by atoms with Gasteiger partial charge in [0.25, 0.3) is 11.7 Å². The molecule has 2 aromatic carbocycles. The van der Waals surface area contributed by atoms with Crippen molar-refractivity contribution >= 4 is 11.6 Å². The first-order chi connectivity index (χ1) is 11.1. The summed E-state index contributed by atoms with van der Waals surface area (Å²) in [7, 11) is 1.75. The molecule has 114 valence electrons. The van der Waals surface area contributed by atoms with E-state index in [9.17, 15) is 9.90 Å². The number of nitrogens with zero attached hydrogens (tertiary/aromatic N) is 2. The third-order valence-corrected chi connectivity index (χ3v) is 4.51. The fraction of sp³-hybridized carbons (Fsp3) is 0.111. The summed E-state index contributed by atoms with van der Waals surface area (Å²) in [5.74, 6) is 0.630. The highest BCUT2D eigenvalue weighted by molar-refractivity contribution is 6.30. The van der Waals surface area contributed by atoms with E-state index in [0.29, 0.717) is 28.5 Å². The molecule has 1 aromatic heterocycles. The highest BCUT2D eigenvalue weighted by Gasteiger charge is 2.34. The average Bonchev–Trinajstić information content (AvgIpc) is 2.93. The molecule has 0 atom stereocenters. The number of rotatable bonds is 1. The number of fused-ring (bicyclic) bond motifs is 3. The second-order valence-electron chi connectivity index (χ2n) is 5.64. The van der Waals surface area contributed by atoms with Gasteiger partial charge in [-0.25, -0.2) is 4.79 Å². The molecule has 0 aliphatic carbocycles. The Morgan fingerprint density at radius 1 is 1.17 bits per heavy atom. The fourth-order valence-electron chi connectivity index (χ4n) is 3.17. The van der Waals surface area contributed by atoms with Crippen molar-refractivity contribution in [1.82, 2.24) is 4.57 Å². The summed E-state index contributed by atoms with van der Waals surface area (Å²) in [4.78, 5) is 12.9. The average molecular weight is 326 g/mol. The Morgan fingerprint density at radius 2 is 1.91 bits per heavy atom. The lowest BCUT2D eigenvalue weighted by Gasteiger charge is -2.08. The van der Waals surface area contributed by atoms with E-state index >= 15 is 0 Å². The fourth-order valence-corrected chi connectivity index (χ4v) is 3.34. The number of benzene rings is 2. The summed E-state index contributed by atoms with van der Waals surface area (Å²) >= 11 is 6.09. The zero-order chi connectivity index (χ0) is 16.1. The van der Waals surface area contributed by atoms with Crippen LogP contribution in [0.4, 0.5) is 0 Å². The molecule has 0 saturated heterocycles. The molecule has 1 aliphatic rings. The second-order valence-corrected chi connectivity index (χ2v) is 6.08. The Labute approximate surface area is 137 Å². The van der Waals surface area contributed by atoms with Gasteiger partial charge in [0, 0.05) is 10.6 Å². The number of hydrogen-bond acceptors (Lipinski definition) is 2. The van der Waals surface area contributed by atoms with E-state index in [1.54, 1.807) is 16.2 Å². The van der Waals surface area contributed by atoms with Crippen molar-refractivity contribution in [3.63, 3.8) is 0 Å². The predicted octanol–water partition coefficient (Wildman–Crippen LogP) is 2.73. The summed E-state index contributed by atoms with van der Waals surface area (Å²) < 4.78 is 3.33. The zero-order valence-corrected chi connectivity index (χ0v) is 13.2. The summed E-state index contributed by atoms with van der Waals surface area (Å²) in [6.45, 7) is 0.481. The molecule has 23 heavy (non-hydrogen) atoms. The Morgan fingerprint density at radius 3 is 2.65 bits per heavy atom. The minimum atomic E-state index is -0.200. The normalized spacial score (nSPS) is 12.1. The van der Waals surface area contributed by atoms with Crippen LogP contribution in [0.2, 0.25) is 5.02 Å². The van der Waals surface area contributed by atoms with Gasteiger partial charge in [-0.05, 0) is 17.7 Å². The largest absolute Gasteiger partial charge is 0.477 e. The third kappa shape index (κ3) is 1.99. The van der Waals surface area contributed by atoms with Crippen LogP contribution < -0.4 is 10.1 Å². The smallest absolute Gasteiger partial charge is 0.349 e. The molecule has 4 nitrogen and oxygen atoms in total. The van der Waals surface area contributed by atoms with Crippen LogP contribution in [0.25, 0.3) is 22.5 Å². The van der Waals surface area contributed by atoms with Gasteiger partial charge in [-0.3, -0.25) is 0 Å². The molecule has 1 N–H and O–H groups in total. The van der Waals surface area contributed by atoms with Crippen molar-refractivity contribution in [1.29, 1.82) is 0 Å². The van der Waals surface area contributed by atoms with Gasteiger partial charge >= 0.3 is 5.56 Å². The summed E-state index contributed by atoms with van der Waals surface area (Å²) in [6.07, 6.45) is 0. The number of hydrogen-bond donors (Lipinski definition) is 1. The van der Waals surface area contributed by atoms with E-state index in [2.05, 4.69) is 0 Å². The van der Waals surface area contributed by atoms with Gasteiger partial charge in [0.2, 0.25) is 0 Å². The van der Waals surface area contributed by atoms with Crippen molar-refractivity contribution in [2.75, 3.05) is 0 Å². The van der Waals surface area contributed by atoms with Crippen molar-refractivity contribution < 1.29 is 9.67 Å². The molecule has 0 saturated carbocycles. The number of halogens is 1. The maximum absolute atomic E-state index is 12.9. The predicted molar refractivity (Wildman–Crippen MR) is 88.5 cm³/mol. The maximum atomic E-state index is 12.9. The lowest BCUT2D eigenvalue weighted by Crippen LogP contribution is -2.39. The van der Waals surface area contributed by atoms with Gasteiger partial charge in [0.15, 0.2) is 5.56 Å². The van der Waals surface area contributed by atoms with Crippen LogP contribution in [0, 0.1) is 0 Å². The van der Waals surface area contributed by atoms with E-state index in [-0.39, 0.29) is 11.4 Å². The second kappa shape index (κ2) is 4.96. The van der Waals surface area contributed by atoms with Gasteiger partial charge in [-0.15, -0.1) is 0 Å². The Balaban J connectivity index is 2.06. The van der Waals surface area contributed by atoms with Gasteiger partial charge in [0.1, 0.15) is 6.54 Å². The van der Waals surface area contributed by atoms with Crippen LogP contribution >= 0.6 is 11.6 Å². The van der Waals surface area contributed by atoms with Crippen molar-refractivity contribution in [3.8, 4) is 28.4 Å². The quantitative estimate of drug-likeness (QED) is 0.547. The van der Waals surface area contributed by atoms with Gasteiger partial charge in [-0.2, -0.15) is 9.13 Å². The lowest BCUT2D eigenvalue weighted by atomic mass is 10.1. The van der Waals surface area contributed by atoms with Crippen molar-refractivity contribution in [2.45, 2.75) is 6.54 Å². The molecule has 0 radical (unpaired) electrons. The molecule has 0 bridgehead atoms. The highest BCUT2D eigenvalue weighted by Crippen LogP contribution is 2.33. The monoisotopic (exact) mass is 325 g/mol. The Bertz CT molecular complexity index is 994. The molecular formula is C18H14ClN2O2+. The molecule has 5 heteroatoms. The first-order valence-corrected chi connectivity index (χ1v) is 7.65. The third-order valence-electron chi connectivity index (χ3n) is 4.28. The Hall–Kier alpha value is -2.59. The Kier molecular flexibility index (Phi) is 3.03. The van der Waals surface area contributed by atoms with Crippen molar-refractivity contribution in [3.05, 3.63) is 69.5 Å². The SMILES string of the molecule is C[n+]1c(O)c(-c2ccccc2)c(=O)n2c1-c1cc(Cl)ccc1C2. The van der Waals surface area contributed by atoms with E-state index in [1.807, 2.05) is 48.5 Å². The van der Waals surface area contributed by atoms with Crippen LogP contribution in [0.5, 0.6) is 5.88 Å². The van der Waals surface area contributed by atoms with Gasteiger partial charge < -0.3 is 5.11 Å². The van der Waals surface area contributed by atoms with Crippen LogP contribution in [-0.4, -0.2) is 9.67 Å².